The molecule has 0 aromatic carbocycles. The van der Waals surface area contributed by atoms with Crippen LogP contribution in [0, 0.1) is 6.92 Å². The van der Waals surface area contributed by atoms with E-state index in [1.54, 1.807) is 18.9 Å². The van der Waals surface area contributed by atoms with Gasteiger partial charge in [0, 0.05) is 7.05 Å². The Balaban J connectivity index is 2.62. The minimum absolute atomic E-state index is 0.00377. The summed E-state index contributed by atoms with van der Waals surface area (Å²) in [6.07, 6.45) is 1.34. The first-order valence-electron chi connectivity index (χ1n) is 5.38. The molecule has 2 rings (SSSR count). The topological polar surface area (TPSA) is 109 Å². The molecule has 2 aromatic heterocycles. The molecule has 7 nitrogen and oxygen atoms in total. The van der Waals surface area contributed by atoms with Crippen molar-refractivity contribution in [3.8, 4) is 0 Å². The van der Waals surface area contributed by atoms with E-state index < -0.39 is 11.9 Å². The fourth-order valence-corrected chi connectivity index (χ4v) is 2.84. The van der Waals surface area contributed by atoms with Crippen LogP contribution in [0.1, 0.15) is 15.2 Å². The molecule has 0 aliphatic carbocycles. The van der Waals surface area contributed by atoms with Crippen LogP contribution in [0.4, 0.5) is 5.82 Å². The summed E-state index contributed by atoms with van der Waals surface area (Å²) in [5.41, 5.74) is 5.75. The van der Waals surface area contributed by atoms with E-state index in [0.717, 1.165) is 11.3 Å². The van der Waals surface area contributed by atoms with Crippen LogP contribution in [-0.2, 0) is 4.79 Å². The van der Waals surface area contributed by atoms with Crippen LogP contribution in [0.3, 0.4) is 0 Å². The van der Waals surface area contributed by atoms with E-state index in [4.69, 9.17) is 10.8 Å². The number of anilines is 1. The molecule has 0 atom stereocenters. The number of nitrogens with two attached hydrogens (primary N) is 1. The molecule has 100 valence electrons. The smallest absolute Gasteiger partial charge is 0.346 e. The summed E-state index contributed by atoms with van der Waals surface area (Å²) in [5.74, 6) is -0.977. The van der Waals surface area contributed by atoms with E-state index in [9.17, 15) is 9.59 Å². The molecule has 0 unspecified atom stereocenters. The summed E-state index contributed by atoms with van der Waals surface area (Å²) < 4.78 is 0. The Bertz CT molecular complexity index is 667. The normalized spacial score (nSPS) is 10.6. The number of hydrogen-bond acceptors (Lipinski definition) is 6. The Morgan fingerprint density at radius 2 is 2.16 bits per heavy atom. The molecule has 0 bridgehead atoms. The van der Waals surface area contributed by atoms with Gasteiger partial charge in [-0.2, -0.15) is 0 Å². The number of aromatic nitrogens is 2. The third-order valence-electron chi connectivity index (χ3n) is 2.66. The maximum absolute atomic E-state index is 11.1. The monoisotopic (exact) mass is 280 g/mol. The standard InChI is InChI=1S/C11H12N4O3S/c1-5-7-9(15(2)3-6(12)16)13-4-14-10(7)19-8(5)11(17)18/h4H,3H2,1-2H3,(H2,12,16)(H,17,18). The number of carbonyl (C=O) groups is 2. The number of carboxylic acid groups (broad SMARTS) is 1. The Morgan fingerprint density at radius 1 is 1.47 bits per heavy atom. The van der Waals surface area contributed by atoms with Crippen LogP contribution in [0.15, 0.2) is 6.33 Å². The van der Waals surface area contributed by atoms with E-state index >= 15 is 0 Å². The van der Waals surface area contributed by atoms with Crippen molar-refractivity contribution in [2.45, 2.75) is 6.92 Å². The van der Waals surface area contributed by atoms with Crippen molar-refractivity contribution < 1.29 is 14.7 Å². The second-order valence-corrected chi connectivity index (χ2v) is 5.06. The van der Waals surface area contributed by atoms with Gasteiger partial charge in [0.05, 0.1) is 11.9 Å². The summed E-state index contributed by atoms with van der Waals surface area (Å²) in [6, 6.07) is 0. The summed E-state index contributed by atoms with van der Waals surface area (Å²) in [4.78, 5) is 32.7. The Labute approximate surface area is 112 Å². The third-order valence-corrected chi connectivity index (χ3v) is 3.84. The van der Waals surface area contributed by atoms with Crippen LogP contribution in [0.5, 0.6) is 0 Å². The zero-order valence-corrected chi connectivity index (χ0v) is 11.2. The van der Waals surface area contributed by atoms with Gasteiger partial charge in [0.25, 0.3) is 0 Å². The van der Waals surface area contributed by atoms with Crippen molar-refractivity contribution in [3.63, 3.8) is 0 Å². The molecule has 0 spiro atoms. The molecule has 2 heterocycles. The molecule has 2 aromatic rings. The minimum atomic E-state index is -0.996. The lowest BCUT2D eigenvalue weighted by Gasteiger charge is -2.16. The van der Waals surface area contributed by atoms with Gasteiger partial charge in [-0.15, -0.1) is 11.3 Å². The highest BCUT2D eigenvalue weighted by Crippen LogP contribution is 2.34. The molecule has 0 aliphatic heterocycles. The van der Waals surface area contributed by atoms with Gasteiger partial charge >= 0.3 is 5.97 Å². The second-order valence-electron chi connectivity index (χ2n) is 4.06. The van der Waals surface area contributed by atoms with Gasteiger partial charge in [0.1, 0.15) is 21.9 Å². The molecule has 1 amide bonds. The van der Waals surface area contributed by atoms with E-state index in [0.29, 0.717) is 21.6 Å². The van der Waals surface area contributed by atoms with E-state index in [1.807, 2.05) is 0 Å². The second kappa shape index (κ2) is 4.81. The van der Waals surface area contributed by atoms with Gasteiger partial charge < -0.3 is 15.7 Å². The van der Waals surface area contributed by atoms with Gasteiger partial charge in [0.2, 0.25) is 5.91 Å². The maximum atomic E-state index is 11.1. The first kappa shape index (κ1) is 13.2. The first-order chi connectivity index (χ1) is 8.91. The molecule has 3 N–H and O–H groups in total. The Hall–Kier alpha value is -2.22. The third kappa shape index (κ3) is 2.34. The number of likely N-dealkylation sites (N-methyl/N-ethyl adjacent to an activating group) is 1. The van der Waals surface area contributed by atoms with Gasteiger partial charge in [-0.05, 0) is 12.5 Å². The number of aryl methyl sites for hydroxylation is 1. The lowest BCUT2D eigenvalue weighted by atomic mass is 10.2. The predicted octanol–water partition coefficient (Wildman–Crippen LogP) is 0.619. The fourth-order valence-electron chi connectivity index (χ4n) is 1.86. The summed E-state index contributed by atoms with van der Waals surface area (Å²) >= 11 is 1.09. The molecule has 8 heteroatoms. The van der Waals surface area contributed by atoms with Crippen molar-refractivity contribution in [3.05, 3.63) is 16.8 Å². The van der Waals surface area contributed by atoms with Crippen molar-refractivity contribution in [1.82, 2.24) is 9.97 Å². The molecule has 0 radical (unpaired) electrons. The number of aromatic carboxylic acids is 1. The highest BCUT2D eigenvalue weighted by atomic mass is 32.1. The molecule has 0 aliphatic rings. The zero-order valence-electron chi connectivity index (χ0n) is 10.4. The van der Waals surface area contributed by atoms with E-state index in [-0.39, 0.29) is 11.4 Å². The molecular weight excluding hydrogens is 268 g/mol. The van der Waals surface area contributed by atoms with Crippen LogP contribution < -0.4 is 10.6 Å². The van der Waals surface area contributed by atoms with Crippen LogP contribution in [0.2, 0.25) is 0 Å². The highest BCUT2D eigenvalue weighted by Gasteiger charge is 2.20. The van der Waals surface area contributed by atoms with Crippen molar-refractivity contribution in [2.75, 3.05) is 18.5 Å². The predicted molar refractivity (Wildman–Crippen MR) is 71.6 cm³/mol. The van der Waals surface area contributed by atoms with Gasteiger partial charge in [-0.3, -0.25) is 4.79 Å². The zero-order chi connectivity index (χ0) is 14.2. The number of carbonyl (C=O) groups excluding carboxylic acids is 1. The number of hydrogen-bond donors (Lipinski definition) is 2. The van der Waals surface area contributed by atoms with Gasteiger partial charge in [-0.1, -0.05) is 0 Å². The number of thiophene rings is 1. The average Bonchev–Trinajstić information content (AvgIpc) is 2.66. The molecule has 19 heavy (non-hydrogen) atoms. The largest absolute Gasteiger partial charge is 0.477 e. The summed E-state index contributed by atoms with van der Waals surface area (Å²) in [6.45, 7) is 1.71. The van der Waals surface area contributed by atoms with Gasteiger partial charge in [0.15, 0.2) is 0 Å². The number of amides is 1. The quantitative estimate of drug-likeness (QED) is 0.849. The van der Waals surface area contributed by atoms with Crippen LogP contribution in [-0.4, -0.2) is 40.5 Å². The first-order valence-corrected chi connectivity index (χ1v) is 6.20. The minimum Gasteiger partial charge on any atom is -0.477 e. The lowest BCUT2D eigenvalue weighted by Crippen LogP contribution is -2.31. The fraction of sp³-hybridized carbons (Fsp3) is 0.273. The van der Waals surface area contributed by atoms with Crippen LogP contribution in [0.25, 0.3) is 10.2 Å². The number of fused-ring (bicyclic) bond motifs is 1. The SMILES string of the molecule is Cc1c(C(=O)O)sc2ncnc(N(C)CC(N)=O)c12. The van der Waals surface area contributed by atoms with Crippen molar-refractivity contribution in [1.29, 1.82) is 0 Å². The molecule has 0 saturated heterocycles. The number of carboxylic acids is 1. The summed E-state index contributed by atoms with van der Waals surface area (Å²) in [5, 5.41) is 9.76. The average molecular weight is 280 g/mol. The summed E-state index contributed by atoms with van der Waals surface area (Å²) in [7, 11) is 1.67. The maximum Gasteiger partial charge on any atom is 0.346 e. The van der Waals surface area contributed by atoms with Crippen molar-refractivity contribution in [2.24, 2.45) is 5.73 Å². The van der Waals surface area contributed by atoms with Crippen LogP contribution >= 0.6 is 11.3 Å². The van der Waals surface area contributed by atoms with Gasteiger partial charge in [-0.25, -0.2) is 14.8 Å². The molecule has 0 fully saturated rings. The highest BCUT2D eigenvalue weighted by molar-refractivity contribution is 7.20. The number of nitrogens with zero attached hydrogens (tertiary/aromatic N) is 3. The van der Waals surface area contributed by atoms with E-state index in [2.05, 4.69) is 9.97 Å². The number of rotatable bonds is 4. The molecule has 0 saturated carbocycles. The lowest BCUT2D eigenvalue weighted by molar-refractivity contribution is -0.116. The Morgan fingerprint density at radius 3 is 2.74 bits per heavy atom. The van der Waals surface area contributed by atoms with Crippen molar-refractivity contribution >= 4 is 39.2 Å². The number of primary amides is 1. The van der Waals surface area contributed by atoms with E-state index in [1.165, 1.54) is 6.33 Å². The Kier molecular flexibility index (Phi) is 3.34. The molecular formula is C11H12N4O3S.